The molecule has 6 heteroatoms. The molecule has 6 nitrogen and oxygen atoms in total. The molecule has 0 bridgehead atoms. The first kappa shape index (κ1) is 21.0. The molecule has 1 aliphatic heterocycles. The molecule has 2 amide bonds. The van der Waals surface area contributed by atoms with Crippen molar-refractivity contribution in [3.8, 4) is 5.75 Å². The molecule has 1 aromatic carbocycles. The van der Waals surface area contributed by atoms with Crippen molar-refractivity contribution < 1.29 is 18.7 Å². The van der Waals surface area contributed by atoms with E-state index in [1.165, 1.54) is 6.26 Å². The highest BCUT2D eigenvalue weighted by Gasteiger charge is 2.29. The largest absolute Gasteiger partial charge is 0.489 e. The van der Waals surface area contributed by atoms with Gasteiger partial charge in [-0.3, -0.25) is 9.59 Å². The van der Waals surface area contributed by atoms with E-state index in [9.17, 15) is 9.59 Å². The standard InChI is InChI=1S/C23H30N2O4/c1-2-3-7-13-24-22(26)18-10-14-25(15-11-18)23(27)21-19(12-16-28-21)17-29-20-8-5-4-6-9-20/h4-6,8-9,12,16,18H,2-3,7,10-11,13-15,17H2,1H3,(H,24,26). The van der Waals surface area contributed by atoms with E-state index in [1.807, 2.05) is 30.3 Å². The summed E-state index contributed by atoms with van der Waals surface area (Å²) in [7, 11) is 0. The molecule has 1 N–H and O–H groups in total. The van der Waals surface area contributed by atoms with Crippen molar-refractivity contribution in [2.75, 3.05) is 19.6 Å². The molecule has 0 unspecified atom stereocenters. The molecule has 1 aromatic heterocycles. The van der Waals surface area contributed by atoms with Gasteiger partial charge in [0.2, 0.25) is 5.91 Å². The smallest absolute Gasteiger partial charge is 0.289 e. The molecule has 156 valence electrons. The first-order chi connectivity index (χ1) is 14.2. The Morgan fingerprint density at radius 3 is 2.62 bits per heavy atom. The first-order valence-electron chi connectivity index (χ1n) is 10.5. The third kappa shape index (κ3) is 5.86. The van der Waals surface area contributed by atoms with Gasteiger partial charge < -0.3 is 19.4 Å². The number of amides is 2. The van der Waals surface area contributed by atoms with E-state index in [0.717, 1.165) is 37.1 Å². The van der Waals surface area contributed by atoms with Gasteiger partial charge in [-0.15, -0.1) is 0 Å². The molecule has 1 saturated heterocycles. The molecule has 0 radical (unpaired) electrons. The fourth-order valence-electron chi connectivity index (χ4n) is 3.53. The lowest BCUT2D eigenvalue weighted by Gasteiger charge is -2.31. The molecule has 29 heavy (non-hydrogen) atoms. The van der Waals surface area contributed by atoms with Gasteiger partial charge in [-0.25, -0.2) is 0 Å². The number of para-hydroxylation sites is 1. The molecule has 3 rings (SSSR count). The Labute approximate surface area is 172 Å². The maximum absolute atomic E-state index is 12.9. The molecule has 2 aromatic rings. The van der Waals surface area contributed by atoms with Crippen molar-refractivity contribution in [1.29, 1.82) is 0 Å². The van der Waals surface area contributed by atoms with Crippen molar-refractivity contribution in [2.24, 2.45) is 5.92 Å². The van der Waals surface area contributed by atoms with Gasteiger partial charge in [0.25, 0.3) is 5.91 Å². The number of nitrogens with zero attached hydrogens (tertiary/aromatic N) is 1. The summed E-state index contributed by atoms with van der Waals surface area (Å²) in [6.07, 6.45) is 6.18. The number of piperidine rings is 1. The SMILES string of the molecule is CCCCCNC(=O)C1CCN(C(=O)c2occc2COc2ccccc2)CC1. The van der Waals surface area contributed by atoms with Gasteiger partial charge in [0, 0.05) is 31.1 Å². The van der Waals surface area contributed by atoms with Crippen molar-refractivity contribution in [2.45, 2.75) is 45.6 Å². The molecular weight excluding hydrogens is 368 g/mol. The summed E-state index contributed by atoms with van der Waals surface area (Å²) >= 11 is 0. The van der Waals surface area contributed by atoms with E-state index in [4.69, 9.17) is 9.15 Å². The number of hydrogen-bond donors (Lipinski definition) is 1. The minimum atomic E-state index is -0.136. The lowest BCUT2D eigenvalue weighted by atomic mass is 9.95. The van der Waals surface area contributed by atoms with Crippen LogP contribution < -0.4 is 10.1 Å². The number of furan rings is 1. The molecular formula is C23H30N2O4. The number of ether oxygens (including phenoxy) is 1. The van der Waals surface area contributed by atoms with Crippen LogP contribution in [0.2, 0.25) is 0 Å². The number of benzene rings is 1. The summed E-state index contributed by atoms with van der Waals surface area (Å²) < 4.78 is 11.2. The van der Waals surface area contributed by atoms with Gasteiger partial charge in [0.1, 0.15) is 12.4 Å². The molecule has 2 heterocycles. The van der Waals surface area contributed by atoms with Crippen molar-refractivity contribution >= 4 is 11.8 Å². The van der Waals surface area contributed by atoms with Crippen LogP contribution in [0.3, 0.4) is 0 Å². The van der Waals surface area contributed by atoms with Crippen LogP contribution in [0, 0.1) is 5.92 Å². The van der Waals surface area contributed by atoms with Crippen molar-refractivity contribution in [3.05, 3.63) is 54.0 Å². The van der Waals surface area contributed by atoms with E-state index in [0.29, 0.717) is 31.7 Å². The number of carbonyl (C=O) groups is 2. The number of nitrogens with one attached hydrogen (secondary N) is 1. The highest BCUT2D eigenvalue weighted by atomic mass is 16.5. The summed E-state index contributed by atoms with van der Waals surface area (Å²) in [6, 6.07) is 11.3. The second-order valence-corrected chi connectivity index (χ2v) is 7.44. The predicted octanol–water partition coefficient (Wildman–Crippen LogP) is 4.02. The first-order valence-corrected chi connectivity index (χ1v) is 10.5. The zero-order chi connectivity index (χ0) is 20.5. The maximum Gasteiger partial charge on any atom is 0.289 e. The summed E-state index contributed by atoms with van der Waals surface area (Å²) in [6.45, 7) is 4.28. The topological polar surface area (TPSA) is 71.8 Å². The van der Waals surface area contributed by atoms with E-state index < -0.39 is 0 Å². The van der Waals surface area contributed by atoms with Gasteiger partial charge in [-0.05, 0) is 37.5 Å². The van der Waals surface area contributed by atoms with Crippen LogP contribution >= 0.6 is 0 Å². The van der Waals surface area contributed by atoms with E-state index in [2.05, 4.69) is 12.2 Å². The number of carbonyl (C=O) groups excluding carboxylic acids is 2. The Morgan fingerprint density at radius 1 is 1.14 bits per heavy atom. The zero-order valence-electron chi connectivity index (χ0n) is 17.1. The maximum atomic E-state index is 12.9. The lowest BCUT2D eigenvalue weighted by Crippen LogP contribution is -2.43. The average molecular weight is 399 g/mol. The second kappa shape index (κ2) is 10.7. The third-order valence-corrected chi connectivity index (χ3v) is 5.31. The number of hydrogen-bond acceptors (Lipinski definition) is 4. The van der Waals surface area contributed by atoms with E-state index >= 15 is 0 Å². The van der Waals surface area contributed by atoms with Gasteiger partial charge in [0.15, 0.2) is 5.76 Å². The summed E-state index contributed by atoms with van der Waals surface area (Å²) in [5.41, 5.74) is 0.731. The minimum absolute atomic E-state index is 0.0156. The lowest BCUT2D eigenvalue weighted by molar-refractivity contribution is -0.126. The highest BCUT2D eigenvalue weighted by Crippen LogP contribution is 2.22. The van der Waals surface area contributed by atoms with Gasteiger partial charge in [-0.1, -0.05) is 38.0 Å². The Bertz CT molecular complexity index is 779. The number of unbranched alkanes of at least 4 members (excludes halogenated alkanes) is 2. The monoisotopic (exact) mass is 398 g/mol. The normalized spacial score (nSPS) is 14.6. The Hall–Kier alpha value is -2.76. The van der Waals surface area contributed by atoms with Crippen LogP contribution in [0.4, 0.5) is 0 Å². The molecule has 0 spiro atoms. The van der Waals surface area contributed by atoms with Crippen molar-refractivity contribution in [1.82, 2.24) is 10.2 Å². The van der Waals surface area contributed by atoms with Gasteiger partial charge in [-0.2, -0.15) is 0 Å². The number of likely N-dealkylation sites (tertiary alicyclic amines) is 1. The van der Waals surface area contributed by atoms with Crippen LogP contribution in [0.1, 0.15) is 55.1 Å². The summed E-state index contributed by atoms with van der Waals surface area (Å²) in [5.74, 6) is 1.03. The fraction of sp³-hybridized carbons (Fsp3) is 0.478. The average Bonchev–Trinajstić information content (AvgIpc) is 3.24. The summed E-state index contributed by atoms with van der Waals surface area (Å²) in [4.78, 5) is 26.9. The van der Waals surface area contributed by atoms with Crippen LogP contribution in [0.5, 0.6) is 5.75 Å². The van der Waals surface area contributed by atoms with E-state index in [1.54, 1.807) is 11.0 Å². The Morgan fingerprint density at radius 2 is 1.90 bits per heavy atom. The van der Waals surface area contributed by atoms with Gasteiger partial charge >= 0.3 is 0 Å². The quantitative estimate of drug-likeness (QED) is 0.648. The molecule has 0 saturated carbocycles. The molecule has 0 atom stereocenters. The highest BCUT2D eigenvalue weighted by molar-refractivity contribution is 5.93. The molecule has 1 fully saturated rings. The van der Waals surface area contributed by atoms with Crippen LogP contribution in [-0.2, 0) is 11.4 Å². The second-order valence-electron chi connectivity index (χ2n) is 7.44. The summed E-state index contributed by atoms with van der Waals surface area (Å²) in [5, 5.41) is 3.02. The fourth-order valence-corrected chi connectivity index (χ4v) is 3.53. The van der Waals surface area contributed by atoms with Crippen molar-refractivity contribution in [3.63, 3.8) is 0 Å². The molecule has 1 aliphatic rings. The van der Waals surface area contributed by atoms with E-state index in [-0.39, 0.29) is 24.3 Å². The predicted molar refractivity (Wildman–Crippen MR) is 111 cm³/mol. The minimum Gasteiger partial charge on any atom is -0.489 e. The molecule has 0 aliphatic carbocycles. The Kier molecular flexibility index (Phi) is 7.73. The Balaban J connectivity index is 1.48. The van der Waals surface area contributed by atoms with Crippen LogP contribution in [-0.4, -0.2) is 36.3 Å². The van der Waals surface area contributed by atoms with Crippen LogP contribution in [0.15, 0.2) is 47.1 Å². The number of rotatable bonds is 9. The van der Waals surface area contributed by atoms with Gasteiger partial charge in [0.05, 0.1) is 6.26 Å². The zero-order valence-corrected chi connectivity index (χ0v) is 17.1. The third-order valence-electron chi connectivity index (χ3n) is 5.31. The van der Waals surface area contributed by atoms with Crippen LogP contribution in [0.25, 0.3) is 0 Å².